The minimum atomic E-state index is 0.227. The van der Waals surface area contributed by atoms with E-state index >= 15 is 0 Å². The molecule has 2 unspecified atom stereocenters. The van der Waals surface area contributed by atoms with Gasteiger partial charge in [-0.25, -0.2) is 0 Å². The Morgan fingerprint density at radius 3 is 2.89 bits per heavy atom. The molecule has 2 atom stereocenters. The molecular weight excluding hydrogens is 289 g/mol. The number of hydrogen-bond acceptors (Lipinski definition) is 1. The molecule has 1 saturated heterocycles. The zero-order valence-electron chi connectivity index (χ0n) is 10.5. The van der Waals surface area contributed by atoms with Crippen LogP contribution >= 0.6 is 34.8 Å². The van der Waals surface area contributed by atoms with Crippen LogP contribution in [0.4, 0.5) is 0 Å². The van der Waals surface area contributed by atoms with Gasteiger partial charge in [-0.05, 0) is 56.5 Å². The predicted octanol–water partition coefficient (Wildman–Crippen LogP) is 4.98. The van der Waals surface area contributed by atoms with Crippen molar-refractivity contribution < 1.29 is 0 Å². The highest BCUT2D eigenvalue weighted by molar-refractivity contribution is 6.33. The average Bonchev–Trinajstić information content (AvgIpc) is 2.70. The number of likely N-dealkylation sites (tertiary alicyclic amines) is 1. The van der Waals surface area contributed by atoms with Crippen LogP contribution in [-0.4, -0.2) is 22.9 Å². The first kappa shape index (κ1) is 14.5. The van der Waals surface area contributed by atoms with Crippen LogP contribution in [0.15, 0.2) is 18.2 Å². The SMILES string of the molecule is CC(Cl)CC1CCCN1Cc1cc(Cl)ccc1Cl. The molecule has 0 aromatic heterocycles. The fourth-order valence-electron chi connectivity index (χ4n) is 2.63. The summed E-state index contributed by atoms with van der Waals surface area (Å²) >= 11 is 18.4. The summed E-state index contributed by atoms with van der Waals surface area (Å²) in [4.78, 5) is 2.47. The second-order valence-corrected chi connectivity index (χ2v) is 6.61. The third-order valence-corrected chi connectivity index (χ3v) is 4.26. The molecule has 0 amide bonds. The molecule has 0 N–H and O–H groups in total. The van der Waals surface area contributed by atoms with Crippen molar-refractivity contribution in [2.45, 2.75) is 44.1 Å². The van der Waals surface area contributed by atoms with Crippen LogP contribution in [0.1, 0.15) is 31.7 Å². The highest BCUT2D eigenvalue weighted by Crippen LogP contribution is 2.28. The van der Waals surface area contributed by atoms with Crippen LogP contribution in [0.2, 0.25) is 10.0 Å². The molecule has 1 aliphatic rings. The number of rotatable bonds is 4. The van der Waals surface area contributed by atoms with Crippen molar-refractivity contribution in [3.63, 3.8) is 0 Å². The lowest BCUT2D eigenvalue weighted by Gasteiger charge is -2.25. The van der Waals surface area contributed by atoms with Crippen LogP contribution in [-0.2, 0) is 6.54 Å². The molecule has 1 aromatic carbocycles. The van der Waals surface area contributed by atoms with Gasteiger partial charge in [-0.1, -0.05) is 23.2 Å². The number of alkyl halides is 1. The van der Waals surface area contributed by atoms with Crippen molar-refractivity contribution in [2.24, 2.45) is 0 Å². The van der Waals surface area contributed by atoms with Crippen molar-refractivity contribution in [1.82, 2.24) is 4.90 Å². The molecule has 100 valence electrons. The van der Waals surface area contributed by atoms with Gasteiger partial charge in [0.2, 0.25) is 0 Å². The van der Waals surface area contributed by atoms with Crippen molar-refractivity contribution in [3.8, 4) is 0 Å². The van der Waals surface area contributed by atoms with Gasteiger partial charge in [-0.2, -0.15) is 0 Å². The van der Waals surface area contributed by atoms with E-state index in [1.165, 1.54) is 12.8 Å². The Morgan fingerprint density at radius 1 is 1.39 bits per heavy atom. The van der Waals surface area contributed by atoms with E-state index in [4.69, 9.17) is 34.8 Å². The molecule has 1 aliphatic heterocycles. The highest BCUT2D eigenvalue weighted by Gasteiger charge is 2.25. The minimum Gasteiger partial charge on any atom is -0.296 e. The summed E-state index contributed by atoms with van der Waals surface area (Å²) in [5.41, 5.74) is 1.11. The summed E-state index contributed by atoms with van der Waals surface area (Å²) in [6, 6.07) is 6.24. The molecule has 0 spiro atoms. The molecule has 0 radical (unpaired) electrons. The Kier molecular flexibility index (Phi) is 5.20. The van der Waals surface area contributed by atoms with E-state index in [1.807, 2.05) is 18.2 Å². The van der Waals surface area contributed by atoms with Crippen molar-refractivity contribution in [3.05, 3.63) is 33.8 Å². The Bertz CT molecular complexity index is 406. The third kappa shape index (κ3) is 3.77. The molecule has 1 heterocycles. The summed E-state index contributed by atoms with van der Waals surface area (Å²) in [6.07, 6.45) is 3.52. The first-order chi connectivity index (χ1) is 8.56. The van der Waals surface area contributed by atoms with E-state index in [9.17, 15) is 0 Å². The standard InChI is InChI=1S/C14H18Cl3N/c1-10(15)7-13-3-2-6-18(13)9-11-8-12(16)4-5-14(11)17/h4-5,8,10,13H,2-3,6-7,9H2,1H3. The molecule has 1 nitrogen and oxygen atoms in total. The van der Waals surface area contributed by atoms with Gasteiger partial charge in [-0.3, -0.25) is 4.90 Å². The molecule has 2 rings (SSSR count). The summed E-state index contributed by atoms with van der Waals surface area (Å²) in [5.74, 6) is 0. The smallest absolute Gasteiger partial charge is 0.0452 e. The molecule has 0 aliphatic carbocycles. The van der Waals surface area contributed by atoms with E-state index in [-0.39, 0.29) is 5.38 Å². The monoisotopic (exact) mass is 305 g/mol. The van der Waals surface area contributed by atoms with Crippen LogP contribution in [0.25, 0.3) is 0 Å². The van der Waals surface area contributed by atoms with E-state index in [0.717, 1.165) is 35.1 Å². The lowest BCUT2D eigenvalue weighted by molar-refractivity contribution is 0.234. The fourth-order valence-corrected chi connectivity index (χ4v) is 3.21. The summed E-state index contributed by atoms with van der Waals surface area (Å²) in [5, 5.41) is 1.77. The molecular formula is C14H18Cl3N. The molecule has 1 aromatic rings. The first-order valence-corrected chi connectivity index (χ1v) is 7.57. The maximum Gasteiger partial charge on any atom is 0.0452 e. The van der Waals surface area contributed by atoms with Crippen LogP contribution in [0, 0.1) is 0 Å². The molecule has 18 heavy (non-hydrogen) atoms. The summed E-state index contributed by atoms with van der Waals surface area (Å²) < 4.78 is 0. The minimum absolute atomic E-state index is 0.227. The Morgan fingerprint density at radius 2 is 2.17 bits per heavy atom. The molecule has 0 saturated carbocycles. The van der Waals surface area contributed by atoms with Crippen LogP contribution in [0.5, 0.6) is 0 Å². The maximum absolute atomic E-state index is 6.22. The second-order valence-electron chi connectivity index (χ2n) is 5.02. The van der Waals surface area contributed by atoms with E-state index < -0.39 is 0 Å². The third-order valence-electron chi connectivity index (χ3n) is 3.48. The van der Waals surface area contributed by atoms with Gasteiger partial charge in [0.05, 0.1) is 0 Å². The number of halogens is 3. The summed E-state index contributed by atoms with van der Waals surface area (Å²) in [7, 11) is 0. The lowest BCUT2D eigenvalue weighted by Crippen LogP contribution is -2.30. The average molecular weight is 307 g/mol. The topological polar surface area (TPSA) is 3.24 Å². The highest BCUT2D eigenvalue weighted by atomic mass is 35.5. The van der Waals surface area contributed by atoms with E-state index in [0.29, 0.717) is 6.04 Å². The van der Waals surface area contributed by atoms with Gasteiger partial charge in [0.1, 0.15) is 0 Å². The van der Waals surface area contributed by atoms with Gasteiger partial charge in [0, 0.05) is 28.0 Å². The zero-order valence-corrected chi connectivity index (χ0v) is 12.8. The van der Waals surface area contributed by atoms with Gasteiger partial charge in [0.15, 0.2) is 0 Å². The maximum atomic E-state index is 6.22. The molecule has 1 fully saturated rings. The largest absolute Gasteiger partial charge is 0.296 e. The predicted molar refractivity (Wildman–Crippen MR) is 79.8 cm³/mol. The first-order valence-electron chi connectivity index (χ1n) is 6.38. The Hall–Kier alpha value is 0.0500. The van der Waals surface area contributed by atoms with Crippen molar-refractivity contribution in [2.75, 3.05) is 6.54 Å². The van der Waals surface area contributed by atoms with Gasteiger partial charge in [-0.15, -0.1) is 11.6 Å². The van der Waals surface area contributed by atoms with Crippen LogP contribution in [0.3, 0.4) is 0 Å². The van der Waals surface area contributed by atoms with Gasteiger partial charge < -0.3 is 0 Å². The Labute approximate surface area is 124 Å². The summed E-state index contributed by atoms with van der Waals surface area (Å²) in [6.45, 7) is 4.05. The van der Waals surface area contributed by atoms with Gasteiger partial charge in [0.25, 0.3) is 0 Å². The number of benzene rings is 1. The molecule has 0 bridgehead atoms. The van der Waals surface area contributed by atoms with Gasteiger partial charge >= 0.3 is 0 Å². The quantitative estimate of drug-likeness (QED) is 0.709. The molecule has 4 heteroatoms. The van der Waals surface area contributed by atoms with Crippen LogP contribution < -0.4 is 0 Å². The van der Waals surface area contributed by atoms with E-state index in [1.54, 1.807) is 0 Å². The fraction of sp³-hybridized carbons (Fsp3) is 0.571. The van der Waals surface area contributed by atoms with Crippen molar-refractivity contribution >= 4 is 34.8 Å². The van der Waals surface area contributed by atoms with E-state index in [2.05, 4.69) is 11.8 Å². The normalized spacial score (nSPS) is 22.3. The number of hydrogen-bond donors (Lipinski definition) is 0. The second kappa shape index (κ2) is 6.47. The number of nitrogens with zero attached hydrogens (tertiary/aromatic N) is 1. The lowest BCUT2D eigenvalue weighted by atomic mass is 10.1. The van der Waals surface area contributed by atoms with Crippen molar-refractivity contribution in [1.29, 1.82) is 0 Å². The Balaban J connectivity index is 2.05. The zero-order chi connectivity index (χ0) is 13.1.